The lowest BCUT2D eigenvalue weighted by atomic mass is 10.2. The van der Waals surface area contributed by atoms with Crippen LogP contribution in [0, 0.1) is 0 Å². The van der Waals surface area contributed by atoms with Crippen LogP contribution in [0.2, 0.25) is 0 Å². The molecule has 102 valence electrons. The Morgan fingerprint density at radius 3 is 2.39 bits per heavy atom. The van der Waals surface area contributed by atoms with Crippen molar-refractivity contribution in [1.82, 2.24) is 15.0 Å². The van der Waals surface area contributed by atoms with Gasteiger partial charge in [0.05, 0.1) is 6.10 Å². The summed E-state index contributed by atoms with van der Waals surface area (Å²) < 4.78 is 5.53. The molecule has 1 rings (SSSR count). The molecule has 0 saturated heterocycles. The van der Waals surface area contributed by atoms with Crippen molar-refractivity contribution in [2.75, 3.05) is 24.3 Å². The second-order valence-electron chi connectivity index (χ2n) is 4.53. The monoisotopic (exact) mass is 253 g/mol. The zero-order valence-corrected chi connectivity index (χ0v) is 12.1. The van der Waals surface area contributed by atoms with E-state index in [0.717, 1.165) is 6.42 Å². The second kappa shape index (κ2) is 6.37. The third kappa shape index (κ3) is 3.72. The molecule has 6 nitrogen and oxygen atoms in total. The van der Waals surface area contributed by atoms with E-state index in [9.17, 15) is 0 Å². The third-order valence-corrected chi connectivity index (χ3v) is 2.74. The number of nitrogens with one attached hydrogen (secondary N) is 1. The molecule has 6 heteroatoms. The number of rotatable bonds is 6. The summed E-state index contributed by atoms with van der Waals surface area (Å²) in [5.41, 5.74) is 0. The van der Waals surface area contributed by atoms with Crippen molar-refractivity contribution in [2.45, 2.75) is 46.3 Å². The van der Waals surface area contributed by atoms with Gasteiger partial charge in [-0.05, 0) is 27.2 Å². The standard InChI is InChI=1S/C12H23N5O/c1-7-9(4)17(6)11-14-10(13-5)15-12(16-11)18-8(2)3/h8-9H,7H2,1-6H3,(H,13,14,15,16). The van der Waals surface area contributed by atoms with Gasteiger partial charge in [0.15, 0.2) is 0 Å². The van der Waals surface area contributed by atoms with E-state index in [4.69, 9.17) is 4.74 Å². The van der Waals surface area contributed by atoms with Gasteiger partial charge < -0.3 is 15.0 Å². The normalized spacial score (nSPS) is 12.4. The number of nitrogens with zero attached hydrogens (tertiary/aromatic N) is 4. The lowest BCUT2D eigenvalue weighted by molar-refractivity contribution is 0.222. The quantitative estimate of drug-likeness (QED) is 0.836. The highest BCUT2D eigenvalue weighted by molar-refractivity contribution is 5.38. The van der Waals surface area contributed by atoms with E-state index < -0.39 is 0 Å². The molecule has 0 spiro atoms. The lowest BCUT2D eigenvalue weighted by Gasteiger charge is -2.24. The molecule has 0 saturated carbocycles. The molecule has 0 aliphatic heterocycles. The maximum atomic E-state index is 5.53. The molecule has 0 aromatic carbocycles. The van der Waals surface area contributed by atoms with Crippen LogP contribution in [0.5, 0.6) is 6.01 Å². The van der Waals surface area contributed by atoms with E-state index in [1.807, 2.05) is 25.8 Å². The Morgan fingerprint density at radius 1 is 1.22 bits per heavy atom. The fraction of sp³-hybridized carbons (Fsp3) is 0.750. The van der Waals surface area contributed by atoms with E-state index in [1.54, 1.807) is 7.05 Å². The average Bonchev–Trinajstić information content (AvgIpc) is 2.35. The van der Waals surface area contributed by atoms with Crippen molar-refractivity contribution in [1.29, 1.82) is 0 Å². The zero-order chi connectivity index (χ0) is 13.7. The van der Waals surface area contributed by atoms with Crippen LogP contribution in [0.15, 0.2) is 0 Å². The Kier molecular flexibility index (Phi) is 5.12. The minimum Gasteiger partial charge on any atom is -0.461 e. The van der Waals surface area contributed by atoms with E-state index in [2.05, 4.69) is 34.1 Å². The first-order chi connectivity index (χ1) is 8.47. The van der Waals surface area contributed by atoms with Crippen molar-refractivity contribution in [2.24, 2.45) is 0 Å². The van der Waals surface area contributed by atoms with Gasteiger partial charge in [-0.15, -0.1) is 0 Å². The Balaban J connectivity index is 3.03. The van der Waals surface area contributed by atoms with Gasteiger partial charge in [0, 0.05) is 20.1 Å². The maximum Gasteiger partial charge on any atom is 0.323 e. The SMILES string of the molecule is CCC(C)N(C)c1nc(NC)nc(OC(C)C)n1. The first-order valence-corrected chi connectivity index (χ1v) is 6.31. The van der Waals surface area contributed by atoms with Crippen molar-refractivity contribution in [3.05, 3.63) is 0 Å². The summed E-state index contributed by atoms with van der Waals surface area (Å²) in [5, 5.41) is 2.92. The Morgan fingerprint density at radius 2 is 1.89 bits per heavy atom. The number of anilines is 2. The van der Waals surface area contributed by atoms with E-state index >= 15 is 0 Å². The highest BCUT2D eigenvalue weighted by atomic mass is 16.5. The molecular formula is C12H23N5O. The minimum atomic E-state index is 0.0406. The maximum absolute atomic E-state index is 5.53. The molecule has 1 aromatic rings. The number of ether oxygens (including phenoxy) is 1. The fourth-order valence-electron chi connectivity index (χ4n) is 1.35. The van der Waals surface area contributed by atoms with Crippen LogP contribution in [-0.2, 0) is 0 Å². The molecule has 0 fully saturated rings. The van der Waals surface area contributed by atoms with Crippen LogP contribution >= 0.6 is 0 Å². The highest BCUT2D eigenvalue weighted by Crippen LogP contribution is 2.17. The van der Waals surface area contributed by atoms with Crippen LogP contribution in [0.3, 0.4) is 0 Å². The number of hydrogen-bond acceptors (Lipinski definition) is 6. The smallest absolute Gasteiger partial charge is 0.323 e. The highest BCUT2D eigenvalue weighted by Gasteiger charge is 2.15. The fourth-order valence-corrected chi connectivity index (χ4v) is 1.35. The molecule has 1 unspecified atom stereocenters. The summed E-state index contributed by atoms with van der Waals surface area (Å²) in [6.07, 6.45) is 1.07. The van der Waals surface area contributed by atoms with Crippen molar-refractivity contribution in [3.8, 4) is 6.01 Å². The lowest BCUT2D eigenvalue weighted by Crippen LogP contribution is -2.30. The first-order valence-electron chi connectivity index (χ1n) is 6.31. The van der Waals surface area contributed by atoms with Crippen LogP contribution in [0.1, 0.15) is 34.1 Å². The van der Waals surface area contributed by atoms with Gasteiger partial charge in [-0.2, -0.15) is 15.0 Å². The molecule has 0 amide bonds. The summed E-state index contributed by atoms with van der Waals surface area (Å²) in [6.45, 7) is 8.15. The van der Waals surface area contributed by atoms with E-state index in [0.29, 0.717) is 23.9 Å². The van der Waals surface area contributed by atoms with Crippen LogP contribution in [0.25, 0.3) is 0 Å². The molecule has 1 heterocycles. The molecule has 0 aliphatic carbocycles. The zero-order valence-electron chi connectivity index (χ0n) is 12.1. The summed E-state index contributed by atoms with van der Waals surface area (Å²) in [6, 6.07) is 0.721. The Hall–Kier alpha value is -1.59. The van der Waals surface area contributed by atoms with Gasteiger partial charge in [-0.1, -0.05) is 6.92 Å². The molecule has 1 aromatic heterocycles. The summed E-state index contributed by atoms with van der Waals surface area (Å²) >= 11 is 0. The Bertz CT molecular complexity index is 383. The largest absolute Gasteiger partial charge is 0.461 e. The average molecular weight is 253 g/mol. The van der Waals surface area contributed by atoms with Gasteiger partial charge in [0.2, 0.25) is 11.9 Å². The van der Waals surface area contributed by atoms with Gasteiger partial charge >= 0.3 is 6.01 Å². The second-order valence-corrected chi connectivity index (χ2v) is 4.53. The molecule has 0 bridgehead atoms. The Labute approximate surface area is 109 Å². The third-order valence-electron chi connectivity index (χ3n) is 2.74. The molecule has 1 atom stereocenters. The molecule has 0 radical (unpaired) electrons. The topological polar surface area (TPSA) is 63.2 Å². The summed E-state index contributed by atoms with van der Waals surface area (Å²) in [5.74, 6) is 1.14. The molecule has 18 heavy (non-hydrogen) atoms. The molecule has 0 aliphatic rings. The van der Waals surface area contributed by atoms with Gasteiger partial charge in [0.1, 0.15) is 0 Å². The van der Waals surface area contributed by atoms with Crippen molar-refractivity contribution in [3.63, 3.8) is 0 Å². The first kappa shape index (κ1) is 14.5. The van der Waals surface area contributed by atoms with Crippen molar-refractivity contribution < 1.29 is 4.74 Å². The molecule has 1 N–H and O–H groups in total. The predicted octanol–water partition coefficient (Wildman–Crippen LogP) is 1.94. The van der Waals surface area contributed by atoms with Crippen LogP contribution < -0.4 is 15.0 Å². The van der Waals surface area contributed by atoms with Gasteiger partial charge in [0.25, 0.3) is 0 Å². The number of aromatic nitrogens is 3. The predicted molar refractivity (Wildman–Crippen MR) is 73.3 cm³/mol. The van der Waals surface area contributed by atoms with Crippen LogP contribution in [0.4, 0.5) is 11.9 Å². The van der Waals surface area contributed by atoms with E-state index in [1.165, 1.54) is 0 Å². The summed E-state index contributed by atoms with van der Waals surface area (Å²) in [7, 11) is 3.75. The van der Waals surface area contributed by atoms with Gasteiger partial charge in [-0.3, -0.25) is 0 Å². The van der Waals surface area contributed by atoms with E-state index in [-0.39, 0.29) is 6.10 Å². The number of hydrogen-bond donors (Lipinski definition) is 1. The van der Waals surface area contributed by atoms with Crippen molar-refractivity contribution >= 4 is 11.9 Å². The summed E-state index contributed by atoms with van der Waals surface area (Å²) in [4.78, 5) is 14.9. The van der Waals surface area contributed by atoms with Crippen LogP contribution in [-0.4, -0.2) is 41.2 Å². The molecular weight excluding hydrogens is 230 g/mol. The minimum absolute atomic E-state index is 0.0406. The van der Waals surface area contributed by atoms with Gasteiger partial charge in [-0.25, -0.2) is 0 Å².